The Morgan fingerprint density at radius 1 is 0.417 bits per heavy atom. The summed E-state index contributed by atoms with van der Waals surface area (Å²) in [5, 5.41) is 0. The number of carbonyl (C=O) groups excluding carboxylic acids is 3. The van der Waals surface area contributed by atoms with Crippen LogP contribution < -0.4 is 0 Å². The monoisotopic (exact) mass is 681 g/mol. The van der Waals surface area contributed by atoms with Crippen molar-refractivity contribution in [3.63, 3.8) is 0 Å². The molecule has 0 aliphatic carbocycles. The van der Waals surface area contributed by atoms with Gasteiger partial charge in [0.25, 0.3) is 0 Å². The van der Waals surface area contributed by atoms with Crippen LogP contribution in [0, 0.1) is 5.92 Å². The fourth-order valence-corrected chi connectivity index (χ4v) is 6.06. The standard InChI is InChI=1S/C42H80O6/c1-5-8-10-12-14-16-21-25-29-33-40(43)46-36-39(48-42(45)35-31-27-23-17-15-13-11-9-6-2)37-47-41(44)34-30-26-22-19-18-20-24-28-32-38(4)7-3/h38-39H,5-37H2,1-4H3/t38?,39-/m0/s1. The highest BCUT2D eigenvalue weighted by Crippen LogP contribution is 2.16. The van der Waals surface area contributed by atoms with Gasteiger partial charge in [0.2, 0.25) is 0 Å². The molecule has 0 saturated carbocycles. The molecule has 0 aliphatic rings. The molecule has 2 atom stereocenters. The third kappa shape index (κ3) is 34.3. The summed E-state index contributed by atoms with van der Waals surface area (Å²) in [5.74, 6) is -0.0179. The zero-order chi connectivity index (χ0) is 35.3. The van der Waals surface area contributed by atoms with Crippen LogP contribution in [0.25, 0.3) is 0 Å². The van der Waals surface area contributed by atoms with Gasteiger partial charge in [-0.05, 0) is 25.2 Å². The van der Waals surface area contributed by atoms with Gasteiger partial charge in [-0.25, -0.2) is 0 Å². The SMILES string of the molecule is CCCCCCCCCCCC(=O)OC[C@@H](COC(=O)CCCCCCCCCCC(C)CC)OC(=O)CCCCCCCCCCC. The van der Waals surface area contributed by atoms with E-state index in [1.54, 1.807) is 0 Å². The van der Waals surface area contributed by atoms with Crippen LogP contribution in [-0.2, 0) is 28.6 Å². The minimum atomic E-state index is -0.757. The van der Waals surface area contributed by atoms with Crippen molar-refractivity contribution < 1.29 is 28.6 Å². The summed E-state index contributed by atoms with van der Waals surface area (Å²) in [6.07, 6.45) is 33.7. The first-order valence-corrected chi connectivity index (χ1v) is 20.9. The van der Waals surface area contributed by atoms with Crippen LogP contribution in [0.4, 0.5) is 0 Å². The second-order valence-corrected chi connectivity index (χ2v) is 14.5. The van der Waals surface area contributed by atoms with Crippen LogP contribution in [0.1, 0.15) is 227 Å². The van der Waals surface area contributed by atoms with Gasteiger partial charge >= 0.3 is 17.9 Å². The third-order valence-corrected chi connectivity index (χ3v) is 9.65. The molecular formula is C42H80O6. The van der Waals surface area contributed by atoms with Crippen molar-refractivity contribution in [3.05, 3.63) is 0 Å². The average Bonchev–Trinajstić information content (AvgIpc) is 3.08. The molecule has 284 valence electrons. The van der Waals surface area contributed by atoms with E-state index < -0.39 is 6.10 Å². The lowest BCUT2D eigenvalue weighted by atomic mass is 9.99. The van der Waals surface area contributed by atoms with Crippen molar-refractivity contribution in [1.29, 1.82) is 0 Å². The first kappa shape index (κ1) is 46.4. The molecule has 0 radical (unpaired) electrons. The Hall–Kier alpha value is -1.59. The molecule has 0 aliphatic heterocycles. The molecule has 0 N–H and O–H groups in total. The zero-order valence-electron chi connectivity index (χ0n) is 32.4. The van der Waals surface area contributed by atoms with E-state index in [0.29, 0.717) is 19.3 Å². The molecule has 1 unspecified atom stereocenters. The molecule has 48 heavy (non-hydrogen) atoms. The van der Waals surface area contributed by atoms with Gasteiger partial charge < -0.3 is 14.2 Å². The van der Waals surface area contributed by atoms with Crippen LogP contribution in [0.5, 0.6) is 0 Å². The minimum absolute atomic E-state index is 0.0651. The van der Waals surface area contributed by atoms with Crippen LogP contribution in [0.2, 0.25) is 0 Å². The van der Waals surface area contributed by atoms with E-state index in [2.05, 4.69) is 27.7 Å². The molecule has 0 aromatic carbocycles. The summed E-state index contributed by atoms with van der Waals surface area (Å²) < 4.78 is 16.6. The molecule has 0 amide bonds. The number of carbonyl (C=O) groups is 3. The fraction of sp³-hybridized carbons (Fsp3) is 0.929. The summed E-state index contributed by atoms with van der Waals surface area (Å²) in [4.78, 5) is 37.4. The van der Waals surface area contributed by atoms with E-state index in [4.69, 9.17) is 14.2 Å². The molecule has 0 spiro atoms. The van der Waals surface area contributed by atoms with E-state index in [0.717, 1.165) is 63.7 Å². The van der Waals surface area contributed by atoms with Crippen molar-refractivity contribution in [2.45, 2.75) is 233 Å². The van der Waals surface area contributed by atoms with Gasteiger partial charge in [0.15, 0.2) is 6.10 Å². The van der Waals surface area contributed by atoms with E-state index in [1.165, 1.54) is 122 Å². The highest BCUT2D eigenvalue weighted by atomic mass is 16.6. The molecular weight excluding hydrogens is 600 g/mol. The summed E-state index contributed by atoms with van der Waals surface area (Å²) in [6, 6.07) is 0. The molecule has 6 heteroatoms. The van der Waals surface area contributed by atoms with Crippen LogP contribution >= 0.6 is 0 Å². The maximum Gasteiger partial charge on any atom is 0.306 e. The number of ether oxygens (including phenoxy) is 3. The predicted molar refractivity (Wildman–Crippen MR) is 201 cm³/mol. The lowest BCUT2D eigenvalue weighted by Crippen LogP contribution is -2.30. The number of rotatable bonds is 37. The van der Waals surface area contributed by atoms with Gasteiger partial charge in [-0.2, -0.15) is 0 Å². The maximum atomic E-state index is 12.6. The van der Waals surface area contributed by atoms with Gasteiger partial charge in [-0.15, -0.1) is 0 Å². The Morgan fingerprint density at radius 3 is 1.08 bits per heavy atom. The van der Waals surface area contributed by atoms with E-state index in [9.17, 15) is 14.4 Å². The molecule has 0 fully saturated rings. The Balaban J connectivity index is 4.33. The van der Waals surface area contributed by atoms with Crippen LogP contribution in [0.3, 0.4) is 0 Å². The predicted octanol–water partition coefficient (Wildman–Crippen LogP) is 12.8. The van der Waals surface area contributed by atoms with E-state index >= 15 is 0 Å². The molecule has 0 saturated heterocycles. The zero-order valence-corrected chi connectivity index (χ0v) is 32.4. The minimum Gasteiger partial charge on any atom is -0.462 e. The van der Waals surface area contributed by atoms with Crippen LogP contribution in [0.15, 0.2) is 0 Å². The normalized spacial score (nSPS) is 12.5. The number of hydrogen-bond donors (Lipinski definition) is 0. The van der Waals surface area contributed by atoms with Crippen molar-refractivity contribution in [3.8, 4) is 0 Å². The molecule has 6 nitrogen and oxygen atoms in total. The number of hydrogen-bond acceptors (Lipinski definition) is 6. The van der Waals surface area contributed by atoms with Crippen molar-refractivity contribution in [2.75, 3.05) is 13.2 Å². The Morgan fingerprint density at radius 2 is 0.729 bits per heavy atom. The van der Waals surface area contributed by atoms with E-state index in [1.807, 2.05) is 0 Å². The van der Waals surface area contributed by atoms with Gasteiger partial charge in [0.05, 0.1) is 0 Å². The second-order valence-electron chi connectivity index (χ2n) is 14.5. The molecule has 0 aromatic rings. The lowest BCUT2D eigenvalue weighted by Gasteiger charge is -2.18. The quantitative estimate of drug-likeness (QED) is 0.0369. The first-order valence-electron chi connectivity index (χ1n) is 20.9. The van der Waals surface area contributed by atoms with Gasteiger partial charge in [-0.1, -0.05) is 188 Å². The highest BCUT2D eigenvalue weighted by molar-refractivity contribution is 5.71. The molecule has 0 heterocycles. The maximum absolute atomic E-state index is 12.6. The largest absolute Gasteiger partial charge is 0.462 e. The van der Waals surface area contributed by atoms with Crippen molar-refractivity contribution in [2.24, 2.45) is 5.92 Å². The molecule has 0 bridgehead atoms. The fourth-order valence-electron chi connectivity index (χ4n) is 6.06. The Labute approximate surface area is 298 Å². The van der Waals surface area contributed by atoms with Crippen molar-refractivity contribution >= 4 is 17.9 Å². The van der Waals surface area contributed by atoms with E-state index in [-0.39, 0.29) is 31.1 Å². The Kier molecular flexibility index (Phi) is 35.5. The van der Waals surface area contributed by atoms with Gasteiger partial charge in [0, 0.05) is 19.3 Å². The summed E-state index contributed by atoms with van der Waals surface area (Å²) in [5.41, 5.74) is 0. The second kappa shape index (κ2) is 36.7. The number of unbranched alkanes of at least 4 members (excludes halogenated alkanes) is 23. The average molecular weight is 681 g/mol. The lowest BCUT2D eigenvalue weighted by molar-refractivity contribution is -0.167. The molecule has 0 aromatic heterocycles. The summed E-state index contributed by atoms with van der Waals surface area (Å²) >= 11 is 0. The van der Waals surface area contributed by atoms with Crippen molar-refractivity contribution in [1.82, 2.24) is 0 Å². The smallest absolute Gasteiger partial charge is 0.306 e. The number of esters is 3. The third-order valence-electron chi connectivity index (χ3n) is 9.65. The van der Waals surface area contributed by atoms with Gasteiger partial charge in [0.1, 0.15) is 13.2 Å². The van der Waals surface area contributed by atoms with Gasteiger partial charge in [-0.3, -0.25) is 14.4 Å². The highest BCUT2D eigenvalue weighted by Gasteiger charge is 2.19. The molecule has 0 rings (SSSR count). The topological polar surface area (TPSA) is 78.9 Å². The summed E-state index contributed by atoms with van der Waals surface area (Å²) in [6.45, 7) is 8.94. The first-order chi connectivity index (χ1) is 23.4. The van der Waals surface area contributed by atoms with Crippen LogP contribution in [-0.4, -0.2) is 37.2 Å². The Bertz CT molecular complexity index is 723. The summed E-state index contributed by atoms with van der Waals surface area (Å²) in [7, 11) is 0.